The van der Waals surface area contributed by atoms with Gasteiger partial charge in [0.1, 0.15) is 11.6 Å². The maximum absolute atomic E-state index is 6.26. The summed E-state index contributed by atoms with van der Waals surface area (Å²) in [5, 5.41) is 5.26. The van der Waals surface area contributed by atoms with Crippen molar-refractivity contribution in [3.05, 3.63) is 71.8 Å². The van der Waals surface area contributed by atoms with E-state index < -0.39 is 0 Å². The zero-order chi connectivity index (χ0) is 38.1. The van der Waals surface area contributed by atoms with E-state index in [9.17, 15) is 0 Å². The van der Waals surface area contributed by atoms with Gasteiger partial charge in [0.05, 0.1) is 17.6 Å². The highest BCUT2D eigenvalue weighted by Crippen LogP contribution is 2.40. The third-order valence-corrected chi connectivity index (χ3v) is 11.8. The van der Waals surface area contributed by atoms with Gasteiger partial charge in [-0.2, -0.15) is 0 Å². The average molecular weight is 731 g/mol. The molecule has 3 nitrogen and oxygen atoms in total. The Morgan fingerprint density at radius 3 is 1.48 bits per heavy atom. The van der Waals surface area contributed by atoms with Crippen LogP contribution in [0.1, 0.15) is 193 Å². The number of hydrogen-bond donors (Lipinski definition) is 0. The molecule has 0 aliphatic carbocycles. The van der Waals surface area contributed by atoms with Gasteiger partial charge in [-0.05, 0) is 83.0 Å². The van der Waals surface area contributed by atoms with Crippen LogP contribution in [0.2, 0.25) is 0 Å². The van der Waals surface area contributed by atoms with Gasteiger partial charge in [0, 0.05) is 22.9 Å². The number of hydrogen-bond acceptors (Lipinski definition) is 2. The summed E-state index contributed by atoms with van der Waals surface area (Å²) in [5.74, 6) is 2.98. The highest BCUT2D eigenvalue weighted by atomic mass is 16.5. The third kappa shape index (κ3) is 11.6. The van der Waals surface area contributed by atoms with E-state index in [0.29, 0.717) is 11.8 Å². The molecule has 0 radical (unpaired) electrons. The molecule has 0 aliphatic heterocycles. The van der Waals surface area contributed by atoms with E-state index in [-0.39, 0.29) is 0 Å². The standard InChI is InChI=1S/C51H74N2O/c1-7-9-11-13-15-17-19-21-23-25-35-53-50-48-38-43(40(5)6)30-34-46(48)45-33-29-42(39(3)4)37-47(45)49(50)52-51(53)41-27-31-44(32-28-41)54-36-26-24-22-20-18-16-14-12-10-8-2/h27-34,37-40H,7-26,35-36H2,1-6H3. The summed E-state index contributed by atoms with van der Waals surface area (Å²) in [4.78, 5) is 5.58. The van der Waals surface area contributed by atoms with Crippen molar-refractivity contribution in [3.63, 3.8) is 0 Å². The molecule has 4 aromatic carbocycles. The molecule has 0 saturated carbocycles. The fourth-order valence-electron chi connectivity index (χ4n) is 8.29. The Morgan fingerprint density at radius 2 is 0.963 bits per heavy atom. The normalized spacial score (nSPS) is 12.0. The predicted molar refractivity (Wildman–Crippen MR) is 238 cm³/mol. The van der Waals surface area contributed by atoms with Gasteiger partial charge >= 0.3 is 0 Å². The molecule has 0 atom stereocenters. The molecule has 294 valence electrons. The Balaban J connectivity index is 1.37. The first-order chi connectivity index (χ1) is 26.4. The van der Waals surface area contributed by atoms with Crippen LogP contribution in [-0.4, -0.2) is 16.2 Å². The zero-order valence-corrected chi connectivity index (χ0v) is 35.3. The summed E-state index contributed by atoms with van der Waals surface area (Å²) >= 11 is 0. The quantitative estimate of drug-likeness (QED) is 0.0418. The first-order valence-corrected chi connectivity index (χ1v) is 22.6. The SMILES string of the molecule is CCCCCCCCCCCCOc1ccc(-c2nc3c4cc(C(C)C)ccc4c4ccc(C(C)C)cc4c3n2CCCCCCCCCCCC)cc1. The van der Waals surface area contributed by atoms with Crippen LogP contribution in [0.15, 0.2) is 60.7 Å². The molecule has 0 fully saturated rings. The van der Waals surface area contributed by atoms with E-state index in [1.807, 2.05) is 0 Å². The highest BCUT2D eigenvalue weighted by Gasteiger charge is 2.20. The number of benzene rings is 4. The zero-order valence-electron chi connectivity index (χ0n) is 35.3. The molecule has 0 unspecified atom stereocenters. The molecule has 3 heteroatoms. The first kappa shape index (κ1) is 41.8. The lowest BCUT2D eigenvalue weighted by molar-refractivity contribution is 0.304. The number of fused-ring (bicyclic) bond motifs is 6. The molecule has 0 aliphatic rings. The maximum Gasteiger partial charge on any atom is 0.141 e. The van der Waals surface area contributed by atoms with Gasteiger partial charge in [-0.15, -0.1) is 0 Å². The Kier molecular flexibility index (Phi) is 17.3. The lowest BCUT2D eigenvalue weighted by atomic mass is 9.92. The van der Waals surface area contributed by atoms with Crippen LogP contribution < -0.4 is 4.74 Å². The molecular weight excluding hydrogens is 657 g/mol. The topological polar surface area (TPSA) is 27.1 Å². The molecule has 0 saturated heterocycles. The predicted octanol–water partition coefficient (Wildman–Crippen LogP) is 16.5. The molecule has 0 amide bonds. The third-order valence-electron chi connectivity index (χ3n) is 11.8. The van der Waals surface area contributed by atoms with Crippen molar-refractivity contribution in [2.24, 2.45) is 0 Å². The van der Waals surface area contributed by atoms with E-state index in [2.05, 4.69) is 107 Å². The van der Waals surface area contributed by atoms with Gasteiger partial charge in [0.2, 0.25) is 0 Å². The molecule has 0 spiro atoms. The van der Waals surface area contributed by atoms with Gasteiger partial charge in [-0.25, -0.2) is 4.98 Å². The van der Waals surface area contributed by atoms with Gasteiger partial charge in [0.15, 0.2) is 0 Å². The van der Waals surface area contributed by atoms with Crippen molar-refractivity contribution in [2.45, 2.75) is 188 Å². The Bertz CT molecular complexity index is 1830. The van der Waals surface area contributed by atoms with Crippen molar-refractivity contribution in [1.82, 2.24) is 9.55 Å². The molecule has 1 heterocycles. The monoisotopic (exact) mass is 731 g/mol. The van der Waals surface area contributed by atoms with Crippen LogP contribution in [0.5, 0.6) is 5.75 Å². The van der Waals surface area contributed by atoms with E-state index >= 15 is 0 Å². The van der Waals surface area contributed by atoms with Crippen LogP contribution in [0.25, 0.3) is 44.0 Å². The number of nitrogens with zero attached hydrogens (tertiary/aromatic N) is 2. The highest BCUT2D eigenvalue weighted by molar-refractivity contribution is 6.24. The van der Waals surface area contributed by atoms with Crippen LogP contribution in [-0.2, 0) is 6.54 Å². The van der Waals surface area contributed by atoms with E-state index in [0.717, 1.165) is 36.7 Å². The minimum atomic E-state index is 0.463. The van der Waals surface area contributed by atoms with Crippen LogP contribution in [0.3, 0.4) is 0 Å². The summed E-state index contributed by atoms with van der Waals surface area (Å²) in [6.07, 6.45) is 26.8. The molecule has 0 N–H and O–H groups in total. The fourth-order valence-corrected chi connectivity index (χ4v) is 8.29. The average Bonchev–Trinajstić information content (AvgIpc) is 3.57. The van der Waals surface area contributed by atoms with Crippen LogP contribution in [0, 0.1) is 0 Å². The van der Waals surface area contributed by atoms with Crippen molar-refractivity contribution in [2.75, 3.05) is 6.61 Å². The summed E-state index contributed by atoms with van der Waals surface area (Å²) in [5.41, 5.74) is 6.37. The van der Waals surface area contributed by atoms with Gasteiger partial charge in [-0.3, -0.25) is 0 Å². The van der Waals surface area contributed by atoms with E-state index in [1.54, 1.807) is 0 Å². The lowest BCUT2D eigenvalue weighted by Gasteiger charge is -2.15. The lowest BCUT2D eigenvalue weighted by Crippen LogP contribution is -2.02. The van der Waals surface area contributed by atoms with Gasteiger partial charge < -0.3 is 9.30 Å². The number of rotatable bonds is 26. The summed E-state index contributed by atoms with van der Waals surface area (Å²) < 4.78 is 8.83. The molecule has 54 heavy (non-hydrogen) atoms. The Labute approximate surface area is 329 Å². The van der Waals surface area contributed by atoms with Crippen molar-refractivity contribution < 1.29 is 4.74 Å². The molecular formula is C51H74N2O. The van der Waals surface area contributed by atoms with Crippen molar-refractivity contribution in [1.29, 1.82) is 0 Å². The minimum Gasteiger partial charge on any atom is -0.494 e. The molecule has 5 aromatic rings. The maximum atomic E-state index is 6.26. The number of aromatic nitrogens is 2. The number of ether oxygens (including phenoxy) is 1. The van der Waals surface area contributed by atoms with Gasteiger partial charge in [-0.1, -0.05) is 181 Å². The van der Waals surface area contributed by atoms with Crippen molar-refractivity contribution in [3.8, 4) is 17.1 Å². The second-order valence-corrected chi connectivity index (χ2v) is 16.9. The van der Waals surface area contributed by atoms with Gasteiger partial charge in [0.25, 0.3) is 0 Å². The summed E-state index contributed by atoms with van der Waals surface area (Å²) in [6, 6.07) is 23.1. The Hall–Kier alpha value is -3.33. The number of imidazole rings is 1. The minimum absolute atomic E-state index is 0.463. The largest absolute Gasteiger partial charge is 0.494 e. The fraction of sp³-hybridized carbons (Fsp3) is 0.588. The van der Waals surface area contributed by atoms with E-state index in [1.165, 1.54) is 166 Å². The van der Waals surface area contributed by atoms with E-state index in [4.69, 9.17) is 9.72 Å². The first-order valence-electron chi connectivity index (χ1n) is 22.6. The molecule has 0 bridgehead atoms. The molecule has 1 aromatic heterocycles. The molecule has 5 rings (SSSR count). The van der Waals surface area contributed by atoms with Crippen LogP contribution in [0.4, 0.5) is 0 Å². The summed E-state index contributed by atoms with van der Waals surface area (Å²) in [7, 11) is 0. The summed E-state index contributed by atoms with van der Waals surface area (Å²) in [6.45, 7) is 15.6. The Morgan fingerprint density at radius 1 is 0.500 bits per heavy atom. The van der Waals surface area contributed by atoms with Crippen molar-refractivity contribution >= 4 is 32.6 Å². The second-order valence-electron chi connectivity index (χ2n) is 16.9. The number of unbranched alkanes of at least 4 members (excludes halogenated alkanes) is 18. The smallest absolute Gasteiger partial charge is 0.141 e. The van der Waals surface area contributed by atoms with Crippen LogP contribution >= 0.6 is 0 Å². The second kappa shape index (κ2) is 22.3. The number of aryl methyl sites for hydroxylation is 1.